The summed E-state index contributed by atoms with van der Waals surface area (Å²) < 4.78 is 7.03. The SMILES string of the molecule is COCCCn1c(NC(=O)c2cccc(N)c2)nc2cc(C(=O)N(C)C3CCCCC3)cnc21. The molecule has 3 N–H and O–H groups in total. The molecular formula is C25H32N6O3. The van der Waals surface area contributed by atoms with Crippen LogP contribution in [-0.2, 0) is 11.3 Å². The van der Waals surface area contributed by atoms with E-state index in [1.165, 1.54) is 6.42 Å². The summed E-state index contributed by atoms with van der Waals surface area (Å²) in [6.07, 6.45) is 7.93. The molecule has 1 aromatic carbocycles. The van der Waals surface area contributed by atoms with Crippen molar-refractivity contribution in [1.82, 2.24) is 19.4 Å². The third-order valence-corrected chi connectivity index (χ3v) is 6.38. The summed E-state index contributed by atoms with van der Waals surface area (Å²) in [7, 11) is 3.51. The molecule has 3 aromatic rings. The lowest BCUT2D eigenvalue weighted by Gasteiger charge is -2.31. The van der Waals surface area contributed by atoms with E-state index >= 15 is 0 Å². The van der Waals surface area contributed by atoms with Gasteiger partial charge in [-0.15, -0.1) is 0 Å². The molecule has 0 radical (unpaired) electrons. The number of amides is 2. The molecule has 1 saturated carbocycles. The Balaban J connectivity index is 1.62. The fraction of sp³-hybridized carbons (Fsp3) is 0.440. The van der Waals surface area contributed by atoms with Crippen LogP contribution in [0.4, 0.5) is 11.6 Å². The minimum absolute atomic E-state index is 0.0550. The Morgan fingerprint density at radius 2 is 2.00 bits per heavy atom. The van der Waals surface area contributed by atoms with Gasteiger partial charge in [-0.25, -0.2) is 9.97 Å². The van der Waals surface area contributed by atoms with E-state index in [4.69, 9.17) is 10.5 Å². The first-order valence-corrected chi connectivity index (χ1v) is 11.8. The van der Waals surface area contributed by atoms with Crippen molar-refractivity contribution >= 4 is 34.6 Å². The number of nitrogens with one attached hydrogen (secondary N) is 1. The highest BCUT2D eigenvalue weighted by Gasteiger charge is 2.24. The van der Waals surface area contributed by atoms with Gasteiger partial charge in [-0.1, -0.05) is 25.3 Å². The van der Waals surface area contributed by atoms with Crippen LogP contribution in [0.5, 0.6) is 0 Å². The van der Waals surface area contributed by atoms with Crippen LogP contribution in [0.15, 0.2) is 36.5 Å². The summed E-state index contributed by atoms with van der Waals surface area (Å²) in [6, 6.07) is 8.78. The van der Waals surface area contributed by atoms with Gasteiger partial charge in [0.1, 0.15) is 5.52 Å². The molecule has 0 spiro atoms. The lowest BCUT2D eigenvalue weighted by molar-refractivity contribution is 0.0696. The lowest BCUT2D eigenvalue weighted by Crippen LogP contribution is -2.38. The number of nitrogen functional groups attached to an aromatic ring is 1. The Hall–Kier alpha value is -3.46. The van der Waals surface area contributed by atoms with Gasteiger partial charge >= 0.3 is 0 Å². The molecule has 2 aromatic heterocycles. The van der Waals surface area contributed by atoms with Crippen molar-refractivity contribution in [3.8, 4) is 0 Å². The number of rotatable bonds is 8. The van der Waals surface area contributed by atoms with Gasteiger partial charge in [0.15, 0.2) is 5.65 Å². The van der Waals surface area contributed by atoms with Gasteiger partial charge in [0, 0.05) is 50.8 Å². The largest absolute Gasteiger partial charge is 0.399 e. The molecule has 9 nitrogen and oxygen atoms in total. The molecule has 1 aliphatic rings. The number of nitrogens with two attached hydrogens (primary N) is 1. The van der Waals surface area contributed by atoms with E-state index in [1.54, 1.807) is 43.6 Å². The smallest absolute Gasteiger partial charge is 0.258 e. The van der Waals surface area contributed by atoms with Crippen molar-refractivity contribution < 1.29 is 14.3 Å². The first-order chi connectivity index (χ1) is 16.5. The molecule has 4 rings (SSSR count). The minimum atomic E-state index is -0.316. The standard InChI is InChI=1S/C25H32N6O3/c1-30(20-10-4-3-5-11-20)24(33)18-15-21-22(27-16-18)31(12-7-13-34-2)25(28-21)29-23(32)17-8-6-9-19(26)14-17/h6,8-9,14-16,20H,3-5,7,10-13,26H2,1-2H3,(H,28,29,32). The second kappa shape index (κ2) is 10.6. The molecule has 0 atom stereocenters. The van der Waals surface area contributed by atoms with Gasteiger partial charge in [-0.2, -0.15) is 0 Å². The van der Waals surface area contributed by atoms with Crippen molar-refractivity contribution in [3.05, 3.63) is 47.7 Å². The van der Waals surface area contributed by atoms with E-state index < -0.39 is 0 Å². The molecule has 0 unspecified atom stereocenters. The predicted octanol–water partition coefficient (Wildman–Crippen LogP) is 3.71. The number of pyridine rings is 1. The lowest BCUT2D eigenvalue weighted by atomic mass is 9.94. The molecule has 2 amide bonds. The van der Waals surface area contributed by atoms with Crippen LogP contribution in [0.3, 0.4) is 0 Å². The fourth-order valence-corrected chi connectivity index (χ4v) is 4.49. The highest BCUT2D eigenvalue weighted by Crippen LogP contribution is 2.25. The van der Waals surface area contributed by atoms with Crippen molar-refractivity contribution in [2.75, 3.05) is 31.8 Å². The number of ether oxygens (including phenoxy) is 1. The molecule has 0 saturated heterocycles. The molecular weight excluding hydrogens is 432 g/mol. The Morgan fingerprint density at radius 3 is 2.74 bits per heavy atom. The third kappa shape index (κ3) is 5.20. The van der Waals surface area contributed by atoms with E-state index in [0.29, 0.717) is 47.1 Å². The number of aryl methyl sites for hydroxylation is 1. The molecule has 180 valence electrons. The first kappa shape index (κ1) is 23.7. The van der Waals surface area contributed by atoms with E-state index in [1.807, 2.05) is 16.5 Å². The second-order valence-electron chi connectivity index (χ2n) is 8.79. The zero-order chi connectivity index (χ0) is 24.1. The van der Waals surface area contributed by atoms with Crippen LogP contribution in [0, 0.1) is 0 Å². The van der Waals surface area contributed by atoms with E-state index in [2.05, 4.69) is 15.3 Å². The summed E-state index contributed by atoms with van der Waals surface area (Å²) in [5.74, 6) is 0.000713. The van der Waals surface area contributed by atoms with E-state index in [9.17, 15) is 9.59 Å². The molecule has 9 heteroatoms. The van der Waals surface area contributed by atoms with Crippen molar-refractivity contribution in [2.45, 2.75) is 51.1 Å². The highest BCUT2D eigenvalue weighted by atomic mass is 16.5. The van der Waals surface area contributed by atoms with Gasteiger partial charge in [0.2, 0.25) is 5.95 Å². The summed E-state index contributed by atoms with van der Waals surface area (Å²) in [5.41, 5.74) is 8.43. The van der Waals surface area contributed by atoms with Crippen LogP contribution in [0.2, 0.25) is 0 Å². The molecule has 0 aliphatic heterocycles. The van der Waals surface area contributed by atoms with E-state index in [0.717, 1.165) is 32.1 Å². The maximum Gasteiger partial charge on any atom is 0.258 e. The number of aromatic nitrogens is 3. The zero-order valence-corrected chi connectivity index (χ0v) is 19.8. The van der Waals surface area contributed by atoms with Crippen LogP contribution in [0.1, 0.15) is 59.2 Å². The van der Waals surface area contributed by atoms with Crippen LogP contribution < -0.4 is 11.1 Å². The third-order valence-electron chi connectivity index (χ3n) is 6.38. The summed E-state index contributed by atoms with van der Waals surface area (Å²) >= 11 is 0. The van der Waals surface area contributed by atoms with Gasteiger partial charge in [-0.3, -0.25) is 19.5 Å². The number of anilines is 2. The molecule has 2 heterocycles. The topological polar surface area (TPSA) is 115 Å². The Bertz CT molecular complexity index is 1170. The number of carbonyl (C=O) groups is 2. The van der Waals surface area contributed by atoms with Crippen molar-refractivity contribution in [1.29, 1.82) is 0 Å². The van der Waals surface area contributed by atoms with Crippen molar-refractivity contribution in [2.24, 2.45) is 0 Å². The number of fused-ring (bicyclic) bond motifs is 1. The summed E-state index contributed by atoms with van der Waals surface area (Å²) in [4.78, 5) is 37.0. The molecule has 34 heavy (non-hydrogen) atoms. The molecule has 0 bridgehead atoms. The average Bonchev–Trinajstić information content (AvgIpc) is 3.19. The number of carbonyl (C=O) groups excluding carboxylic acids is 2. The number of imidazole rings is 1. The first-order valence-electron chi connectivity index (χ1n) is 11.8. The molecule has 1 fully saturated rings. The summed E-state index contributed by atoms with van der Waals surface area (Å²) in [6.45, 7) is 1.12. The van der Waals surface area contributed by atoms with Crippen molar-refractivity contribution in [3.63, 3.8) is 0 Å². The van der Waals surface area contributed by atoms with Crippen LogP contribution in [-0.4, -0.2) is 58.1 Å². The number of hydrogen-bond donors (Lipinski definition) is 2. The maximum atomic E-state index is 13.1. The number of hydrogen-bond acceptors (Lipinski definition) is 6. The van der Waals surface area contributed by atoms with Gasteiger partial charge in [-0.05, 0) is 43.5 Å². The monoisotopic (exact) mass is 464 g/mol. The van der Waals surface area contributed by atoms with Crippen LogP contribution >= 0.6 is 0 Å². The number of benzene rings is 1. The fourth-order valence-electron chi connectivity index (χ4n) is 4.49. The Labute approximate surface area is 199 Å². The summed E-state index contributed by atoms with van der Waals surface area (Å²) in [5, 5.41) is 2.87. The average molecular weight is 465 g/mol. The highest BCUT2D eigenvalue weighted by molar-refractivity contribution is 6.04. The zero-order valence-electron chi connectivity index (χ0n) is 19.8. The van der Waals surface area contributed by atoms with Crippen LogP contribution in [0.25, 0.3) is 11.2 Å². The normalized spacial score (nSPS) is 14.3. The van der Waals surface area contributed by atoms with Gasteiger partial charge in [0.05, 0.1) is 5.56 Å². The van der Waals surface area contributed by atoms with Gasteiger partial charge in [0.25, 0.3) is 11.8 Å². The minimum Gasteiger partial charge on any atom is -0.399 e. The maximum absolute atomic E-state index is 13.1. The number of nitrogens with zero attached hydrogens (tertiary/aromatic N) is 4. The Morgan fingerprint density at radius 1 is 1.21 bits per heavy atom. The molecule has 1 aliphatic carbocycles. The second-order valence-corrected chi connectivity index (χ2v) is 8.79. The number of methoxy groups -OCH3 is 1. The van der Waals surface area contributed by atoms with Gasteiger partial charge < -0.3 is 15.4 Å². The quantitative estimate of drug-likeness (QED) is 0.388. The van der Waals surface area contributed by atoms with E-state index in [-0.39, 0.29) is 17.9 Å². The Kier molecular flexibility index (Phi) is 7.42. The predicted molar refractivity (Wildman–Crippen MR) is 132 cm³/mol.